The number of fused-ring (bicyclic) bond motifs is 1. The minimum absolute atomic E-state index is 0.0912. The fraction of sp³-hybridized carbons (Fsp3) is 0.438. The molecule has 0 bridgehead atoms. The molecule has 3 aromatic rings. The Kier molecular flexibility index (Phi) is 4.50. The van der Waals surface area contributed by atoms with Gasteiger partial charge in [0.15, 0.2) is 0 Å². The number of tetrazole rings is 1. The van der Waals surface area contributed by atoms with Crippen molar-refractivity contribution in [3.8, 4) is 0 Å². The molecule has 2 unspecified atom stereocenters. The van der Waals surface area contributed by atoms with Gasteiger partial charge in [-0.05, 0) is 42.3 Å². The van der Waals surface area contributed by atoms with E-state index in [1.165, 1.54) is 11.8 Å². The number of nitrogens with one attached hydrogen (secondary N) is 1. The highest BCUT2D eigenvalue weighted by atomic mass is 32.2. The van der Waals surface area contributed by atoms with Crippen LogP contribution in [0.25, 0.3) is 10.9 Å². The Hall–Kier alpha value is -2.26. The fourth-order valence-electron chi connectivity index (χ4n) is 2.89. The van der Waals surface area contributed by atoms with Gasteiger partial charge in [0.1, 0.15) is 5.82 Å². The summed E-state index contributed by atoms with van der Waals surface area (Å²) in [4.78, 5) is 19.7. The Balaban J connectivity index is 1.55. The molecule has 8 nitrogen and oxygen atoms in total. The minimum atomic E-state index is -0.132. The zero-order chi connectivity index (χ0) is 17.2. The zero-order valence-corrected chi connectivity index (χ0v) is 14.6. The van der Waals surface area contributed by atoms with Crippen LogP contribution in [0.3, 0.4) is 0 Å². The van der Waals surface area contributed by atoms with Crippen LogP contribution in [-0.4, -0.2) is 42.9 Å². The van der Waals surface area contributed by atoms with Crippen molar-refractivity contribution in [1.29, 1.82) is 0 Å². The first-order valence-electron chi connectivity index (χ1n) is 8.24. The smallest absolute Gasteiger partial charge is 0.258 e. The predicted molar refractivity (Wildman–Crippen MR) is 93.4 cm³/mol. The lowest BCUT2D eigenvalue weighted by molar-refractivity contribution is 0.0911. The topological polar surface area (TPSA) is 98.6 Å². The molecule has 2 aromatic heterocycles. The molecule has 25 heavy (non-hydrogen) atoms. The van der Waals surface area contributed by atoms with Gasteiger partial charge in [0.05, 0.1) is 28.8 Å². The maximum absolute atomic E-state index is 12.2. The third-order valence-corrected chi connectivity index (χ3v) is 5.28. The van der Waals surface area contributed by atoms with Gasteiger partial charge in [-0.2, -0.15) is 0 Å². The Morgan fingerprint density at radius 2 is 2.32 bits per heavy atom. The molecule has 1 saturated heterocycles. The van der Waals surface area contributed by atoms with Crippen molar-refractivity contribution in [2.75, 3.05) is 6.61 Å². The van der Waals surface area contributed by atoms with E-state index in [1.54, 1.807) is 10.7 Å². The number of benzene rings is 1. The molecule has 1 fully saturated rings. The molecule has 0 spiro atoms. The highest BCUT2D eigenvalue weighted by Gasteiger charge is 2.21. The average molecular weight is 358 g/mol. The number of H-pyrrole nitrogens is 1. The van der Waals surface area contributed by atoms with E-state index in [0.717, 1.165) is 19.4 Å². The maximum Gasteiger partial charge on any atom is 0.258 e. The molecule has 0 saturated carbocycles. The maximum atomic E-state index is 12.2. The molecule has 1 aromatic carbocycles. The van der Waals surface area contributed by atoms with Gasteiger partial charge in [0, 0.05) is 6.61 Å². The summed E-state index contributed by atoms with van der Waals surface area (Å²) in [5, 5.41) is 13.1. The summed E-state index contributed by atoms with van der Waals surface area (Å²) in [6, 6.07) is 7.31. The second kappa shape index (κ2) is 6.93. The average Bonchev–Trinajstić information content (AvgIpc) is 3.28. The first-order valence-corrected chi connectivity index (χ1v) is 9.12. The number of aromatic nitrogens is 6. The highest BCUT2D eigenvalue weighted by Crippen LogP contribution is 2.31. The van der Waals surface area contributed by atoms with Crippen LogP contribution in [-0.2, 0) is 11.3 Å². The highest BCUT2D eigenvalue weighted by molar-refractivity contribution is 7.99. The normalized spacial score (nSPS) is 18.7. The molecule has 9 heteroatoms. The molecule has 1 aliphatic heterocycles. The van der Waals surface area contributed by atoms with E-state index in [-0.39, 0.29) is 16.9 Å². The number of rotatable bonds is 5. The molecule has 2 atom stereocenters. The van der Waals surface area contributed by atoms with Gasteiger partial charge >= 0.3 is 0 Å². The predicted octanol–water partition coefficient (Wildman–Crippen LogP) is 1.94. The Bertz CT molecular complexity index is 934. The van der Waals surface area contributed by atoms with Crippen LogP contribution in [0.5, 0.6) is 0 Å². The quantitative estimate of drug-likeness (QED) is 0.696. The SMILES string of the molecule is CC(Sc1nnnn1CC1CCCO1)c1nc2ccccc2c(=O)[nH]1. The number of aromatic amines is 1. The number of ether oxygens (including phenoxy) is 1. The number of thioether (sulfide) groups is 1. The van der Waals surface area contributed by atoms with E-state index in [9.17, 15) is 4.79 Å². The summed E-state index contributed by atoms with van der Waals surface area (Å²) in [5.41, 5.74) is 0.555. The van der Waals surface area contributed by atoms with Crippen molar-refractivity contribution in [3.63, 3.8) is 0 Å². The summed E-state index contributed by atoms with van der Waals surface area (Å²) in [7, 11) is 0. The van der Waals surface area contributed by atoms with Crippen LogP contribution in [0.1, 0.15) is 30.8 Å². The standard InChI is InChI=1S/C16H18N6O2S/c1-10(14-17-13-7-3-2-6-12(13)15(23)18-14)25-16-19-20-21-22(16)9-11-5-4-8-24-11/h2-3,6-7,10-11H,4-5,8-9H2,1H3,(H,17,18,23). The first kappa shape index (κ1) is 16.2. The van der Waals surface area contributed by atoms with E-state index in [2.05, 4.69) is 25.5 Å². The summed E-state index contributed by atoms with van der Waals surface area (Å²) in [5.74, 6) is 0.611. The lowest BCUT2D eigenvalue weighted by atomic mass is 10.2. The van der Waals surface area contributed by atoms with Crippen LogP contribution in [0, 0.1) is 0 Å². The van der Waals surface area contributed by atoms with Crippen molar-refractivity contribution < 1.29 is 4.74 Å². The van der Waals surface area contributed by atoms with Crippen LogP contribution in [0.2, 0.25) is 0 Å². The Morgan fingerprint density at radius 1 is 1.44 bits per heavy atom. The van der Waals surface area contributed by atoms with E-state index < -0.39 is 0 Å². The number of nitrogens with zero attached hydrogens (tertiary/aromatic N) is 5. The summed E-state index contributed by atoms with van der Waals surface area (Å²) in [6.07, 6.45) is 2.27. The third-order valence-electron chi connectivity index (χ3n) is 4.20. The van der Waals surface area contributed by atoms with Crippen molar-refractivity contribution in [2.24, 2.45) is 0 Å². The molecule has 4 rings (SSSR count). The number of hydrogen-bond acceptors (Lipinski definition) is 7. The Morgan fingerprint density at radius 3 is 3.16 bits per heavy atom. The third kappa shape index (κ3) is 3.42. The van der Waals surface area contributed by atoms with Crippen LogP contribution in [0.4, 0.5) is 0 Å². The van der Waals surface area contributed by atoms with Crippen molar-refractivity contribution in [2.45, 2.75) is 42.8 Å². The van der Waals surface area contributed by atoms with Crippen molar-refractivity contribution >= 4 is 22.7 Å². The van der Waals surface area contributed by atoms with Gasteiger partial charge in [-0.1, -0.05) is 23.9 Å². The monoisotopic (exact) mass is 358 g/mol. The van der Waals surface area contributed by atoms with Gasteiger partial charge < -0.3 is 9.72 Å². The van der Waals surface area contributed by atoms with E-state index in [1.807, 2.05) is 25.1 Å². The summed E-state index contributed by atoms with van der Waals surface area (Å²) in [6.45, 7) is 3.42. The molecular weight excluding hydrogens is 340 g/mol. The first-order chi connectivity index (χ1) is 12.2. The van der Waals surface area contributed by atoms with Gasteiger partial charge in [0.2, 0.25) is 5.16 Å². The Labute approximate surface area is 148 Å². The molecule has 1 N–H and O–H groups in total. The van der Waals surface area contributed by atoms with Crippen LogP contribution in [0.15, 0.2) is 34.2 Å². The molecule has 1 aliphatic rings. The van der Waals surface area contributed by atoms with Crippen molar-refractivity contribution in [3.05, 3.63) is 40.4 Å². The van der Waals surface area contributed by atoms with E-state index in [0.29, 0.717) is 28.4 Å². The molecule has 0 amide bonds. The second-order valence-corrected chi connectivity index (χ2v) is 7.31. The summed E-state index contributed by atoms with van der Waals surface area (Å²) < 4.78 is 7.41. The lowest BCUT2D eigenvalue weighted by Gasteiger charge is -2.13. The molecule has 3 heterocycles. The second-order valence-electron chi connectivity index (χ2n) is 6.01. The lowest BCUT2D eigenvalue weighted by Crippen LogP contribution is -2.17. The summed E-state index contributed by atoms with van der Waals surface area (Å²) >= 11 is 1.47. The fourth-order valence-corrected chi connectivity index (χ4v) is 3.74. The van der Waals surface area contributed by atoms with E-state index >= 15 is 0 Å². The number of hydrogen-bond donors (Lipinski definition) is 1. The largest absolute Gasteiger partial charge is 0.376 e. The molecule has 0 radical (unpaired) electrons. The molecule has 0 aliphatic carbocycles. The van der Waals surface area contributed by atoms with Crippen molar-refractivity contribution in [1.82, 2.24) is 30.2 Å². The number of para-hydroxylation sites is 1. The van der Waals surface area contributed by atoms with Crippen LogP contribution >= 0.6 is 11.8 Å². The van der Waals surface area contributed by atoms with Gasteiger partial charge in [-0.15, -0.1) is 5.10 Å². The molecular formula is C16H18N6O2S. The van der Waals surface area contributed by atoms with Crippen LogP contribution < -0.4 is 5.56 Å². The zero-order valence-electron chi connectivity index (χ0n) is 13.8. The van der Waals surface area contributed by atoms with Gasteiger partial charge in [-0.25, -0.2) is 9.67 Å². The van der Waals surface area contributed by atoms with Gasteiger partial charge in [-0.3, -0.25) is 4.79 Å². The van der Waals surface area contributed by atoms with Gasteiger partial charge in [0.25, 0.3) is 5.56 Å². The van der Waals surface area contributed by atoms with E-state index in [4.69, 9.17) is 4.74 Å². The molecule has 130 valence electrons. The minimum Gasteiger partial charge on any atom is -0.376 e.